The monoisotopic (exact) mass is 340 g/mol. The van der Waals surface area contributed by atoms with Gasteiger partial charge in [0, 0.05) is 37.8 Å². The van der Waals surface area contributed by atoms with Crippen LogP contribution in [0.5, 0.6) is 5.75 Å². The maximum Gasteiger partial charge on any atom is 0.251 e. The van der Waals surface area contributed by atoms with Crippen LogP contribution in [0.2, 0.25) is 0 Å². The second-order valence-electron chi connectivity index (χ2n) is 5.29. The van der Waals surface area contributed by atoms with Crippen LogP contribution in [0, 0.1) is 0 Å². The van der Waals surface area contributed by atoms with Crippen molar-refractivity contribution < 1.29 is 9.53 Å². The van der Waals surface area contributed by atoms with E-state index in [1.165, 1.54) is 0 Å². The number of para-hydroxylation sites is 1. The van der Waals surface area contributed by atoms with E-state index in [2.05, 4.69) is 20.9 Å². The molecular weight excluding hydrogens is 316 g/mol. The lowest BCUT2D eigenvalue weighted by Crippen LogP contribution is -2.41. The van der Waals surface area contributed by atoms with Gasteiger partial charge in [0.2, 0.25) is 0 Å². The fourth-order valence-electron chi connectivity index (χ4n) is 2.30. The summed E-state index contributed by atoms with van der Waals surface area (Å²) in [6.07, 6.45) is 0. The van der Waals surface area contributed by atoms with E-state index in [4.69, 9.17) is 4.74 Å². The molecule has 6 nitrogen and oxygen atoms in total. The van der Waals surface area contributed by atoms with Gasteiger partial charge in [-0.15, -0.1) is 0 Å². The number of nitrogens with one attached hydrogen (secondary N) is 3. The standard InChI is InChI=1S/C19H24N4O2/c1-20-19(23-14-16-10-6-7-11-17(16)25-2)22-13-12-21-18(24)15-8-4-3-5-9-15/h3-11H,12-14H2,1-2H3,(H,21,24)(H2,20,22,23). The fraction of sp³-hybridized carbons (Fsp3) is 0.263. The van der Waals surface area contributed by atoms with Crippen LogP contribution < -0.4 is 20.7 Å². The first-order valence-corrected chi connectivity index (χ1v) is 8.14. The minimum atomic E-state index is -0.0839. The van der Waals surface area contributed by atoms with E-state index in [0.29, 0.717) is 31.2 Å². The maximum absolute atomic E-state index is 11.9. The Morgan fingerprint density at radius 2 is 1.64 bits per heavy atom. The highest BCUT2D eigenvalue weighted by Gasteiger charge is 2.05. The minimum absolute atomic E-state index is 0.0839. The number of carbonyl (C=O) groups excluding carboxylic acids is 1. The molecule has 0 saturated heterocycles. The average Bonchev–Trinajstić information content (AvgIpc) is 2.68. The van der Waals surface area contributed by atoms with Gasteiger partial charge in [-0.05, 0) is 18.2 Å². The molecule has 0 aliphatic rings. The molecule has 1 amide bonds. The predicted molar refractivity (Wildman–Crippen MR) is 100.0 cm³/mol. The summed E-state index contributed by atoms with van der Waals surface area (Å²) >= 11 is 0. The van der Waals surface area contributed by atoms with Gasteiger partial charge in [-0.2, -0.15) is 0 Å². The largest absolute Gasteiger partial charge is 0.496 e. The Kier molecular flexibility index (Phi) is 7.31. The predicted octanol–water partition coefficient (Wildman–Crippen LogP) is 1.79. The Bertz CT molecular complexity index is 702. The first kappa shape index (κ1) is 18.3. The quantitative estimate of drug-likeness (QED) is 0.408. The van der Waals surface area contributed by atoms with Crippen molar-refractivity contribution in [3.8, 4) is 5.75 Å². The zero-order valence-electron chi connectivity index (χ0n) is 14.6. The second-order valence-corrected chi connectivity index (χ2v) is 5.29. The molecule has 2 rings (SSSR count). The normalized spacial score (nSPS) is 10.9. The Hall–Kier alpha value is -3.02. The van der Waals surface area contributed by atoms with Crippen LogP contribution in [0.1, 0.15) is 15.9 Å². The minimum Gasteiger partial charge on any atom is -0.496 e. The summed E-state index contributed by atoms with van der Waals surface area (Å²) in [5.74, 6) is 1.42. The van der Waals surface area contributed by atoms with Gasteiger partial charge < -0.3 is 20.7 Å². The van der Waals surface area contributed by atoms with Gasteiger partial charge in [0.15, 0.2) is 5.96 Å². The van der Waals surface area contributed by atoms with E-state index in [1.807, 2.05) is 42.5 Å². The molecule has 2 aromatic carbocycles. The molecule has 0 aliphatic heterocycles. The summed E-state index contributed by atoms with van der Waals surface area (Å²) in [4.78, 5) is 16.1. The van der Waals surface area contributed by atoms with Crippen molar-refractivity contribution in [3.05, 3.63) is 65.7 Å². The van der Waals surface area contributed by atoms with E-state index < -0.39 is 0 Å². The molecule has 0 atom stereocenters. The lowest BCUT2D eigenvalue weighted by atomic mass is 10.2. The average molecular weight is 340 g/mol. The summed E-state index contributed by atoms with van der Waals surface area (Å²) in [5, 5.41) is 9.26. The van der Waals surface area contributed by atoms with Crippen molar-refractivity contribution in [1.82, 2.24) is 16.0 Å². The highest BCUT2D eigenvalue weighted by atomic mass is 16.5. The number of guanidine groups is 1. The Labute approximate surface area is 148 Å². The number of carbonyl (C=O) groups is 1. The highest BCUT2D eigenvalue weighted by molar-refractivity contribution is 5.94. The number of amides is 1. The summed E-state index contributed by atoms with van der Waals surface area (Å²) in [5.41, 5.74) is 1.70. The second kappa shape index (κ2) is 9.97. The summed E-state index contributed by atoms with van der Waals surface area (Å²) in [6.45, 7) is 1.67. The van der Waals surface area contributed by atoms with Crippen molar-refractivity contribution >= 4 is 11.9 Å². The molecule has 0 aliphatic carbocycles. The third kappa shape index (κ3) is 5.84. The summed E-state index contributed by atoms with van der Waals surface area (Å²) in [7, 11) is 3.36. The molecule has 6 heteroatoms. The van der Waals surface area contributed by atoms with Crippen molar-refractivity contribution in [2.75, 3.05) is 27.2 Å². The van der Waals surface area contributed by atoms with Crippen LogP contribution in [-0.4, -0.2) is 39.1 Å². The van der Waals surface area contributed by atoms with Crippen molar-refractivity contribution in [2.45, 2.75) is 6.54 Å². The van der Waals surface area contributed by atoms with Crippen molar-refractivity contribution in [3.63, 3.8) is 0 Å². The van der Waals surface area contributed by atoms with Gasteiger partial charge in [0.25, 0.3) is 5.91 Å². The maximum atomic E-state index is 11.9. The number of nitrogens with zero attached hydrogens (tertiary/aromatic N) is 1. The van der Waals surface area contributed by atoms with E-state index in [0.717, 1.165) is 11.3 Å². The molecule has 2 aromatic rings. The summed E-state index contributed by atoms with van der Waals surface area (Å²) in [6, 6.07) is 17.0. The first-order chi connectivity index (χ1) is 12.2. The lowest BCUT2D eigenvalue weighted by molar-refractivity contribution is 0.0954. The van der Waals surface area contributed by atoms with Crippen LogP contribution in [0.15, 0.2) is 59.6 Å². The molecule has 132 valence electrons. The van der Waals surface area contributed by atoms with Crippen LogP contribution in [0.4, 0.5) is 0 Å². The van der Waals surface area contributed by atoms with Crippen LogP contribution in [-0.2, 0) is 6.54 Å². The van der Waals surface area contributed by atoms with Crippen molar-refractivity contribution in [1.29, 1.82) is 0 Å². The van der Waals surface area contributed by atoms with Gasteiger partial charge in [-0.25, -0.2) is 0 Å². The number of ether oxygens (including phenoxy) is 1. The molecule has 0 aromatic heterocycles. The fourth-order valence-corrected chi connectivity index (χ4v) is 2.30. The van der Waals surface area contributed by atoms with Gasteiger partial charge in [-0.1, -0.05) is 36.4 Å². The molecule has 3 N–H and O–H groups in total. The summed E-state index contributed by atoms with van der Waals surface area (Å²) < 4.78 is 5.33. The number of aliphatic imine (C=N–C) groups is 1. The molecule has 0 radical (unpaired) electrons. The van der Waals surface area contributed by atoms with Crippen LogP contribution >= 0.6 is 0 Å². The number of methoxy groups -OCH3 is 1. The molecule has 0 bridgehead atoms. The molecule has 25 heavy (non-hydrogen) atoms. The number of hydrogen-bond acceptors (Lipinski definition) is 3. The Balaban J connectivity index is 1.73. The number of rotatable bonds is 7. The SMILES string of the molecule is CN=C(NCCNC(=O)c1ccccc1)NCc1ccccc1OC. The topological polar surface area (TPSA) is 74.8 Å². The van der Waals surface area contributed by atoms with Crippen LogP contribution in [0.25, 0.3) is 0 Å². The number of hydrogen-bond donors (Lipinski definition) is 3. The van der Waals surface area contributed by atoms with Gasteiger partial charge in [0.1, 0.15) is 5.75 Å². The molecule has 0 fully saturated rings. The van der Waals surface area contributed by atoms with E-state index >= 15 is 0 Å². The molecule has 0 heterocycles. The van der Waals surface area contributed by atoms with Gasteiger partial charge >= 0.3 is 0 Å². The third-order valence-corrected chi connectivity index (χ3v) is 3.60. The van der Waals surface area contributed by atoms with Crippen LogP contribution in [0.3, 0.4) is 0 Å². The molecule has 0 unspecified atom stereocenters. The van der Waals surface area contributed by atoms with Gasteiger partial charge in [-0.3, -0.25) is 9.79 Å². The lowest BCUT2D eigenvalue weighted by Gasteiger charge is -2.14. The zero-order valence-corrected chi connectivity index (χ0v) is 14.6. The molecule has 0 saturated carbocycles. The van der Waals surface area contributed by atoms with E-state index in [1.54, 1.807) is 26.3 Å². The molecular formula is C19H24N4O2. The van der Waals surface area contributed by atoms with E-state index in [-0.39, 0.29) is 5.91 Å². The third-order valence-electron chi connectivity index (χ3n) is 3.60. The Morgan fingerprint density at radius 1 is 0.960 bits per heavy atom. The molecule has 0 spiro atoms. The highest BCUT2D eigenvalue weighted by Crippen LogP contribution is 2.16. The first-order valence-electron chi connectivity index (χ1n) is 8.14. The zero-order chi connectivity index (χ0) is 17.9. The smallest absolute Gasteiger partial charge is 0.251 e. The van der Waals surface area contributed by atoms with Crippen molar-refractivity contribution in [2.24, 2.45) is 4.99 Å². The van der Waals surface area contributed by atoms with E-state index in [9.17, 15) is 4.79 Å². The van der Waals surface area contributed by atoms with Gasteiger partial charge in [0.05, 0.1) is 7.11 Å². The Morgan fingerprint density at radius 3 is 2.36 bits per heavy atom. The number of benzene rings is 2.